The molecule has 0 aliphatic heterocycles. The first-order valence-electron chi connectivity index (χ1n) is 11.1. The van der Waals surface area contributed by atoms with Gasteiger partial charge in [0.25, 0.3) is 11.9 Å². The number of aromatic amines is 1. The number of rotatable bonds is 7. The van der Waals surface area contributed by atoms with E-state index in [-0.39, 0.29) is 17.8 Å². The maximum Gasteiger partial charge on any atom is 0.270 e. The summed E-state index contributed by atoms with van der Waals surface area (Å²) in [7, 11) is 1.66. The van der Waals surface area contributed by atoms with Crippen LogP contribution in [-0.4, -0.2) is 43.4 Å². The van der Waals surface area contributed by atoms with Crippen LogP contribution in [0.3, 0.4) is 0 Å². The van der Waals surface area contributed by atoms with Crippen LogP contribution in [0.25, 0.3) is 11.3 Å². The maximum absolute atomic E-state index is 12.4. The van der Waals surface area contributed by atoms with Gasteiger partial charge in [0.15, 0.2) is 0 Å². The van der Waals surface area contributed by atoms with Crippen LogP contribution in [0.1, 0.15) is 34.0 Å². The fourth-order valence-corrected chi connectivity index (χ4v) is 4.52. The fourth-order valence-electron chi connectivity index (χ4n) is 3.99. The number of carbonyl (C=O) groups excluding carboxylic acids is 1. The Hall–Kier alpha value is -3.95. The molecule has 0 bridgehead atoms. The molecule has 0 spiro atoms. The number of nitrogens with zero attached hydrogens (tertiary/aromatic N) is 5. The lowest BCUT2D eigenvalue weighted by atomic mass is 9.95. The number of carbonyl (C=O) groups is 1. The van der Waals surface area contributed by atoms with Gasteiger partial charge in [0.2, 0.25) is 0 Å². The number of aromatic nitrogens is 6. The summed E-state index contributed by atoms with van der Waals surface area (Å²) in [6, 6.07) is 14.7. The largest absolute Gasteiger partial charge is 0.497 e. The number of hydrogen-bond acceptors (Lipinski definition) is 6. The van der Waals surface area contributed by atoms with E-state index in [4.69, 9.17) is 33.0 Å². The third kappa shape index (κ3) is 5.32. The van der Waals surface area contributed by atoms with Crippen molar-refractivity contribution in [1.29, 1.82) is 0 Å². The van der Waals surface area contributed by atoms with E-state index in [2.05, 4.69) is 44.2 Å². The Kier molecular flexibility index (Phi) is 6.84. The zero-order valence-electron chi connectivity index (χ0n) is 19.2. The van der Waals surface area contributed by atoms with Crippen LogP contribution in [0.5, 0.6) is 0 Å². The Balaban J connectivity index is 1.42. The molecular formula is C25H21Cl2N7O2. The van der Waals surface area contributed by atoms with Crippen LogP contribution < -0.4 is 5.32 Å². The zero-order valence-corrected chi connectivity index (χ0v) is 20.7. The van der Waals surface area contributed by atoms with E-state index in [0.717, 1.165) is 34.7 Å². The molecule has 36 heavy (non-hydrogen) atoms. The first-order chi connectivity index (χ1) is 17.5. The van der Waals surface area contributed by atoms with Crippen molar-refractivity contribution in [3.05, 3.63) is 99.4 Å². The first-order valence-corrected chi connectivity index (χ1v) is 11.8. The molecular weight excluding hydrogens is 501 g/mol. The lowest BCUT2D eigenvalue weighted by Gasteiger charge is -2.17. The average molecular weight is 522 g/mol. The van der Waals surface area contributed by atoms with E-state index in [1.807, 2.05) is 35.0 Å². The third-order valence-corrected chi connectivity index (χ3v) is 6.21. The number of methoxy groups -OCH3 is 1. The molecule has 0 saturated heterocycles. The van der Waals surface area contributed by atoms with Gasteiger partial charge in [-0.05, 0) is 65.7 Å². The van der Waals surface area contributed by atoms with Crippen molar-refractivity contribution in [1.82, 2.24) is 30.4 Å². The zero-order chi connectivity index (χ0) is 25.1. The van der Waals surface area contributed by atoms with Crippen LogP contribution >= 0.6 is 23.2 Å². The molecule has 4 aromatic rings. The highest BCUT2D eigenvalue weighted by molar-refractivity contribution is 6.35. The van der Waals surface area contributed by atoms with E-state index in [1.165, 1.54) is 0 Å². The molecule has 1 amide bonds. The summed E-state index contributed by atoms with van der Waals surface area (Å²) < 4.78 is 7.31. The Labute approximate surface area is 216 Å². The molecule has 2 aromatic carbocycles. The predicted octanol–water partition coefficient (Wildman–Crippen LogP) is 5.24. The lowest BCUT2D eigenvalue weighted by molar-refractivity contribution is 0.102. The van der Waals surface area contributed by atoms with Gasteiger partial charge in [-0.15, -0.1) is 5.10 Å². The Bertz CT molecular complexity index is 1420. The van der Waals surface area contributed by atoms with E-state index >= 15 is 0 Å². The molecule has 0 fully saturated rings. The fraction of sp³-hybridized carbons (Fsp3) is 0.160. The van der Waals surface area contributed by atoms with Crippen molar-refractivity contribution >= 4 is 35.1 Å². The quantitative estimate of drug-likeness (QED) is 0.343. The number of tetrazole rings is 1. The van der Waals surface area contributed by atoms with Gasteiger partial charge in [0, 0.05) is 32.8 Å². The van der Waals surface area contributed by atoms with E-state index in [0.29, 0.717) is 22.2 Å². The summed E-state index contributed by atoms with van der Waals surface area (Å²) >= 11 is 12.5. The Morgan fingerprint density at radius 3 is 2.58 bits per heavy atom. The number of benzene rings is 2. The van der Waals surface area contributed by atoms with Crippen molar-refractivity contribution in [2.45, 2.75) is 18.9 Å². The van der Waals surface area contributed by atoms with Gasteiger partial charge in [-0.2, -0.15) is 10.3 Å². The minimum absolute atomic E-state index is 0.116. The summed E-state index contributed by atoms with van der Waals surface area (Å²) in [6.45, 7) is 0.515. The number of anilines is 1. The molecule has 1 aliphatic carbocycles. The van der Waals surface area contributed by atoms with E-state index in [1.54, 1.807) is 25.3 Å². The first kappa shape index (κ1) is 23.8. The molecule has 2 N–H and O–H groups in total. The van der Waals surface area contributed by atoms with E-state index < -0.39 is 0 Å². The summed E-state index contributed by atoms with van der Waals surface area (Å²) in [4.78, 5) is 12.4. The van der Waals surface area contributed by atoms with Crippen LogP contribution in [-0.2, 0) is 11.3 Å². The number of allylic oxidation sites excluding steroid dienone is 3. The van der Waals surface area contributed by atoms with Gasteiger partial charge in [-0.25, -0.2) is 0 Å². The van der Waals surface area contributed by atoms with Crippen molar-refractivity contribution < 1.29 is 9.53 Å². The third-order valence-electron chi connectivity index (χ3n) is 5.77. The van der Waals surface area contributed by atoms with Gasteiger partial charge in [0.1, 0.15) is 5.76 Å². The van der Waals surface area contributed by atoms with Crippen molar-refractivity contribution in [2.24, 2.45) is 0 Å². The number of nitrogens with one attached hydrogen (secondary N) is 2. The number of ether oxygens (including phenoxy) is 1. The Morgan fingerprint density at radius 1 is 1.17 bits per heavy atom. The topological polar surface area (TPSA) is 111 Å². The second kappa shape index (κ2) is 10.3. The van der Waals surface area contributed by atoms with E-state index in [9.17, 15) is 4.79 Å². The second-order valence-electron chi connectivity index (χ2n) is 8.17. The number of hydrogen-bond donors (Lipinski definition) is 2. The van der Waals surface area contributed by atoms with Crippen LogP contribution in [0.15, 0.2) is 72.5 Å². The normalized spacial score (nSPS) is 15.0. The number of halogens is 2. The Morgan fingerprint density at radius 2 is 1.94 bits per heavy atom. The smallest absolute Gasteiger partial charge is 0.270 e. The van der Waals surface area contributed by atoms with Gasteiger partial charge in [0.05, 0.1) is 19.3 Å². The van der Waals surface area contributed by atoms with Crippen LogP contribution in [0.2, 0.25) is 10.0 Å². The molecule has 1 aliphatic rings. The molecule has 1 unspecified atom stereocenters. The summed E-state index contributed by atoms with van der Waals surface area (Å²) in [5, 5.41) is 21.8. The SMILES string of the molecule is COC1=CCC(c2cc(-c3cc(Cl)cc(Cl)c3)nn2Cc2ccc(C(=O)Nc3nn[nH]n3)cc2)C=C1. The highest BCUT2D eigenvalue weighted by Gasteiger charge is 2.20. The molecule has 11 heteroatoms. The molecule has 182 valence electrons. The number of H-pyrrole nitrogens is 1. The van der Waals surface area contributed by atoms with Crippen LogP contribution in [0, 0.1) is 0 Å². The minimum Gasteiger partial charge on any atom is -0.497 e. The second-order valence-corrected chi connectivity index (χ2v) is 9.04. The standard InChI is InChI=1S/C25H21Cl2N7O2/c1-36-21-8-6-16(7-9-21)23-13-22(18-10-19(26)12-20(27)11-18)31-34(23)14-15-2-4-17(5-3-15)24(35)28-25-29-32-33-30-25/h2-6,8-13,16H,7,14H2,1H3,(H2,28,29,30,32,33,35). The molecule has 0 saturated carbocycles. The van der Waals surface area contributed by atoms with Gasteiger partial charge >= 0.3 is 0 Å². The van der Waals surface area contributed by atoms with Crippen molar-refractivity contribution in [2.75, 3.05) is 12.4 Å². The molecule has 2 heterocycles. The predicted molar refractivity (Wildman–Crippen MR) is 137 cm³/mol. The highest BCUT2D eigenvalue weighted by atomic mass is 35.5. The summed E-state index contributed by atoms with van der Waals surface area (Å²) in [6.07, 6.45) is 6.94. The number of amides is 1. The lowest BCUT2D eigenvalue weighted by Crippen LogP contribution is -2.13. The molecule has 0 radical (unpaired) electrons. The highest BCUT2D eigenvalue weighted by Crippen LogP contribution is 2.32. The van der Waals surface area contributed by atoms with Gasteiger partial charge in [-0.1, -0.05) is 46.5 Å². The van der Waals surface area contributed by atoms with Crippen molar-refractivity contribution in [3.63, 3.8) is 0 Å². The summed E-state index contributed by atoms with van der Waals surface area (Å²) in [5.41, 5.74) is 4.13. The monoisotopic (exact) mass is 521 g/mol. The summed E-state index contributed by atoms with van der Waals surface area (Å²) in [5.74, 6) is 0.759. The molecule has 1 atom stereocenters. The molecule has 5 rings (SSSR count). The maximum atomic E-state index is 12.4. The van der Waals surface area contributed by atoms with Crippen LogP contribution in [0.4, 0.5) is 5.95 Å². The van der Waals surface area contributed by atoms with Gasteiger partial charge in [-0.3, -0.25) is 14.8 Å². The molecule has 9 nitrogen and oxygen atoms in total. The average Bonchev–Trinajstić information content (AvgIpc) is 3.54. The van der Waals surface area contributed by atoms with Gasteiger partial charge < -0.3 is 4.74 Å². The minimum atomic E-state index is -0.323. The molecule has 2 aromatic heterocycles. The van der Waals surface area contributed by atoms with Crippen molar-refractivity contribution in [3.8, 4) is 11.3 Å².